The van der Waals surface area contributed by atoms with Gasteiger partial charge in [-0.3, -0.25) is 4.79 Å². The third-order valence-corrected chi connectivity index (χ3v) is 2.78. The number of ether oxygens (including phenoxy) is 2. The summed E-state index contributed by atoms with van der Waals surface area (Å²) in [7, 11) is 1.47. The summed E-state index contributed by atoms with van der Waals surface area (Å²) in [5, 5.41) is 2.82. The molecule has 0 radical (unpaired) electrons. The number of hydrogen-bond donors (Lipinski definition) is 0. The summed E-state index contributed by atoms with van der Waals surface area (Å²) < 4.78 is 10.8. The van der Waals surface area contributed by atoms with Gasteiger partial charge < -0.3 is 9.47 Å². The molecule has 0 aromatic heterocycles. The van der Waals surface area contributed by atoms with Crippen molar-refractivity contribution >= 4 is 12.0 Å². The number of carbonyl (C=O) groups excluding carboxylic acids is 1. The predicted molar refractivity (Wildman–Crippen MR) is 74.6 cm³/mol. The fourth-order valence-corrected chi connectivity index (χ4v) is 1.75. The van der Waals surface area contributed by atoms with Gasteiger partial charge >= 0.3 is 0 Å². The number of rotatable bonds is 6. The zero-order chi connectivity index (χ0) is 14.4. The standard InChI is InChI=1S/C15H13NO4/c1-19-14-7-12(9-17)13(16-18)8-15(14)20-10-11-5-3-2-4-6-11/h2-9H,10H2,1H3. The van der Waals surface area contributed by atoms with Crippen LogP contribution in [0.1, 0.15) is 15.9 Å². The number of carbonyl (C=O) groups is 1. The highest BCUT2D eigenvalue weighted by molar-refractivity contribution is 5.84. The third-order valence-electron chi connectivity index (χ3n) is 2.78. The van der Waals surface area contributed by atoms with Crippen molar-refractivity contribution in [3.63, 3.8) is 0 Å². The average Bonchev–Trinajstić information content (AvgIpc) is 2.52. The summed E-state index contributed by atoms with van der Waals surface area (Å²) in [5.41, 5.74) is 1.18. The van der Waals surface area contributed by atoms with Crippen molar-refractivity contribution in [2.24, 2.45) is 5.18 Å². The van der Waals surface area contributed by atoms with Crippen LogP contribution in [0.4, 0.5) is 5.69 Å². The average molecular weight is 271 g/mol. The lowest BCUT2D eigenvalue weighted by Gasteiger charge is -2.12. The number of aldehydes is 1. The molecule has 2 aromatic rings. The lowest BCUT2D eigenvalue weighted by molar-refractivity contribution is 0.112. The Balaban J connectivity index is 2.26. The van der Waals surface area contributed by atoms with E-state index in [4.69, 9.17) is 9.47 Å². The maximum Gasteiger partial charge on any atom is 0.163 e. The summed E-state index contributed by atoms with van der Waals surface area (Å²) in [6.45, 7) is 0.329. The first-order valence-electron chi connectivity index (χ1n) is 5.95. The molecule has 0 aliphatic carbocycles. The van der Waals surface area contributed by atoms with Crippen LogP contribution in [0.2, 0.25) is 0 Å². The van der Waals surface area contributed by atoms with Crippen LogP contribution in [0.5, 0.6) is 11.5 Å². The van der Waals surface area contributed by atoms with Crippen molar-refractivity contribution < 1.29 is 14.3 Å². The van der Waals surface area contributed by atoms with Crippen LogP contribution < -0.4 is 9.47 Å². The zero-order valence-corrected chi connectivity index (χ0v) is 10.9. The number of nitroso groups, excluding NO2 is 1. The van der Waals surface area contributed by atoms with Gasteiger partial charge in [0, 0.05) is 11.6 Å². The molecule has 2 rings (SSSR count). The molecular formula is C15H13NO4. The van der Waals surface area contributed by atoms with Gasteiger partial charge in [-0.1, -0.05) is 30.3 Å². The molecule has 0 N–H and O–H groups in total. The molecule has 0 saturated carbocycles. The van der Waals surface area contributed by atoms with Crippen LogP contribution in [0.25, 0.3) is 0 Å². The van der Waals surface area contributed by atoms with Gasteiger partial charge in [-0.25, -0.2) is 0 Å². The Hall–Kier alpha value is -2.69. The van der Waals surface area contributed by atoms with Gasteiger partial charge in [0.15, 0.2) is 17.8 Å². The second-order valence-corrected chi connectivity index (χ2v) is 4.05. The molecule has 0 unspecified atom stereocenters. The summed E-state index contributed by atoms with van der Waals surface area (Å²) in [4.78, 5) is 21.6. The zero-order valence-electron chi connectivity index (χ0n) is 10.9. The molecule has 0 bridgehead atoms. The Morgan fingerprint density at radius 2 is 1.90 bits per heavy atom. The van der Waals surface area contributed by atoms with Gasteiger partial charge in [0.2, 0.25) is 0 Å². The second kappa shape index (κ2) is 6.47. The van der Waals surface area contributed by atoms with Crippen molar-refractivity contribution in [2.45, 2.75) is 6.61 Å². The molecule has 0 heterocycles. The van der Waals surface area contributed by atoms with Crippen LogP contribution in [0.15, 0.2) is 47.6 Å². The predicted octanol–water partition coefficient (Wildman–Crippen LogP) is 3.48. The van der Waals surface area contributed by atoms with Gasteiger partial charge in [-0.2, -0.15) is 0 Å². The minimum Gasteiger partial charge on any atom is -0.493 e. The van der Waals surface area contributed by atoms with E-state index in [0.717, 1.165) is 5.56 Å². The molecule has 0 atom stereocenters. The molecule has 0 amide bonds. The third kappa shape index (κ3) is 3.00. The first kappa shape index (κ1) is 13.7. The second-order valence-electron chi connectivity index (χ2n) is 4.05. The maximum absolute atomic E-state index is 10.8. The van der Waals surface area contributed by atoms with E-state index in [9.17, 15) is 9.70 Å². The van der Waals surface area contributed by atoms with Gasteiger partial charge in [-0.05, 0) is 16.8 Å². The molecule has 20 heavy (non-hydrogen) atoms. The van der Waals surface area contributed by atoms with Crippen molar-refractivity contribution in [3.8, 4) is 11.5 Å². The molecule has 0 aliphatic rings. The summed E-state index contributed by atoms with van der Waals surface area (Å²) in [6, 6.07) is 12.4. The van der Waals surface area contributed by atoms with E-state index in [1.807, 2.05) is 30.3 Å². The van der Waals surface area contributed by atoms with Crippen LogP contribution in [-0.2, 0) is 6.61 Å². The van der Waals surface area contributed by atoms with Gasteiger partial charge in [0.25, 0.3) is 0 Å². The fraction of sp³-hybridized carbons (Fsp3) is 0.133. The molecular weight excluding hydrogens is 258 g/mol. The minimum absolute atomic E-state index is 0.0314. The number of benzene rings is 2. The number of hydrogen-bond acceptors (Lipinski definition) is 5. The van der Waals surface area contributed by atoms with Crippen molar-refractivity contribution in [1.82, 2.24) is 0 Å². The summed E-state index contributed by atoms with van der Waals surface area (Å²) in [5.74, 6) is 0.756. The van der Waals surface area contributed by atoms with Crippen molar-refractivity contribution in [2.75, 3.05) is 7.11 Å². The Labute approximate surface area is 116 Å². The van der Waals surface area contributed by atoms with Crippen LogP contribution in [0, 0.1) is 4.91 Å². The van der Waals surface area contributed by atoms with E-state index in [2.05, 4.69) is 5.18 Å². The Morgan fingerprint density at radius 1 is 1.15 bits per heavy atom. The smallest absolute Gasteiger partial charge is 0.163 e. The van der Waals surface area contributed by atoms with Crippen molar-refractivity contribution in [1.29, 1.82) is 0 Å². The summed E-state index contributed by atoms with van der Waals surface area (Å²) >= 11 is 0. The molecule has 102 valence electrons. The van der Waals surface area contributed by atoms with E-state index >= 15 is 0 Å². The van der Waals surface area contributed by atoms with Crippen LogP contribution in [-0.4, -0.2) is 13.4 Å². The minimum atomic E-state index is 0.0314. The van der Waals surface area contributed by atoms with Crippen LogP contribution >= 0.6 is 0 Å². The van der Waals surface area contributed by atoms with Crippen LogP contribution in [0.3, 0.4) is 0 Å². The van der Waals surface area contributed by atoms with E-state index in [1.165, 1.54) is 19.2 Å². The largest absolute Gasteiger partial charge is 0.493 e. The first-order chi connectivity index (χ1) is 9.78. The molecule has 0 spiro atoms. The Kier molecular flexibility index (Phi) is 4.44. The van der Waals surface area contributed by atoms with Gasteiger partial charge in [-0.15, -0.1) is 4.91 Å². The molecule has 0 aliphatic heterocycles. The Morgan fingerprint density at radius 3 is 2.50 bits per heavy atom. The monoisotopic (exact) mass is 271 g/mol. The number of nitrogens with zero attached hydrogens (tertiary/aromatic N) is 1. The van der Waals surface area contributed by atoms with E-state index < -0.39 is 0 Å². The van der Waals surface area contributed by atoms with Crippen molar-refractivity contribution in [3.05, 3.63) is 58.5 Å². The highest BCUT2D eigenvalue weighted by Crippen LogP contribution is 2.34. The van der Waals surface area contributed by atoms with E-state index in [0.29, 0.717) is 24.4 Å². The normalized spacial score (nSPS) is 9.85. The summed E-state index contributed by atoms with van der Waals surface area (Å²) in [6.07, 6.45) is 0.556. The SMILES string of the molecule is COc1cc(C=O)c(N=O)cc1OCc1ccccc1. The molecule has 5 nitrogen and oxygen atoms in total. The number of methoxy groups -OCH3 is 1. The highest BCUT2D eigenvalue weighted by atomic mass is 16.5. The fourth-order valence-electron chi connectivity index (χ4n) is 1.75. The molecule has 0 fully saturated rings. The molecule has 5 heteroatoms. The Bertz CT molecular complexity index is 611. The van der Waals surface area contributed by atoms with Gasteiger partial charge in [0.05, 0.1) is 7.11 Å². The molecule has 0 saturated heterocycles. The first-order valence-corrected chi connectivity index (χ1v) is 5.95. The maximum atomic E-state index is 10.8. The lowest BCUT2D eigenvalue weighted by atomic mass is 10.1. The topological polar surface area (TPSA) is 65.0 Å². The quantitative estimate of drug-likeness (QED) is 0.596. The van der Waals surface area contributed by atoms with Gasteiger partial charge in [0.1, 0.15) is 12.3 Å². The molecule has 2 aromatic carbocycles. The highest BCUT2D eigenvalue weighted by Gasteiger charge is 2.12. The van der Waals surface area contributed by atoms with E-state index in [-0.39, 0.29) is 11.3 Å². The van der Waals surface area contributed by atoms with E-state index in [1.54, 1.807) is 0 Å². The lowest BCUT2D eigenvalue weighted by Crippen LogP contribution is -1.98.